The molecule has 31 heavy (non-hydrogen) atoms. The minimum absolute atomic E-state index is 0.0565. The minimum atomic E-state index is -0.0708. The number of thiophene rings is 1. The first kappa shape index (κ1) is 19.6. The van der Waals surface area contributed by atoms with Gasteiger partial charge in [-0.15, -0.1) is 16.2 Å². The van der Waals surface area contributed by atoms with E-state index in [0.29, 0.717) is 46.3 Å². The number of nitrogens with zero attached hydrogens (tertiary/aromatic N) is 6. The van der Waals surface area contributed by atoms with E-state index in [1.54, 1.807) is 11.6 Å². The van der Waals surface area contributed by atoms with Crippen LogP contribution in [-0.2, 0) is 0 Å². The van der Waals surface area contributed by atoms with Crippen molar-refractivity contribution in [2.75, 3.05) is 13.1 Å². The molecule has 156 valence electrons. The van der Waals surface area contributed by atoms with Crippen LogP contribution in [0.4, 0.5) is 5.82 Å². The van der Waals surface area contributed by atoms with Crippen LogP contribution in [0.25, 0.3) is 15.9 Å². The lowest BCUT2D eigenvalue weighted by atomic mass is 9.90. The molecule has 1 fully saturated rings. The number of allylic oxidation sites excluding steroid dienone is 1. The molecule has 0 aromatic carbocycles. The van der Waals surface area contributed by atoms with Gasteiger partial charge in [-0.25, -0.2) is 9.97 Å². The van der Waals surface area contributed by atoms with Gasteiger partial charge in [-0.2, -0.15) is 0 Å². The highest BCUT2D eigenvalue weighted by molar-refractivity contribution is 7.18. The summed E-state index contributed by atoms with van der Waals surface area (Å²) in [6, 6.07) is 4.04. The molecule has 0 aliphatic carbocycles. The average molecular weight is 433 g/mol. The first-order chi connectivity index (χ1) is 15.2. The van der Waals surface area contributed by atoms with Gasteiger partial charge in [-0.05, 0) is 48.4 Å². The second kappa shape index (κ2) is 8.43. The molecule has 3 aromatic rings. The molecule has 0 spiro atoms. The van der Waals surface area contributed by atoms with Crippen molar-refractivity contribution in [3.8, 4) is 0 Å². The Labute approximate surface area is 182 Å². The Kier molecular flexibility index (Phi) is 5.33. The van der Waals surface area contributed by atoms with Gasteiger partial charge in [0.15, 0.2) is 5.82 Å². The van der Waals surface area contributed by atoms with Gasteiger partial charge in [0.25, 0.3) is 5.91 Å². The zero-order chi connectivity index (χ0) is 21.2. The number of hydrogen-bond donors (Lipinski definition) is 0. The number of amides is 1. The van der Waals surface area contributed by atoms with Crippen LogP contribution in [-0.4, -0.2) is 45.1 Å². The minimum Gasteiger partial charge on any atom is -0.339 e. The molecule has 0 N–H and O–H groups in total. The lowest BCUT2D eigenvalue weighted by Crippen LogP contribution is -2.37. The Bertz CT molecular complexity index is 1200. The van der Waals surface area contributed by atoms with Crippen molar-refractivity contribution in [3.63, 3.8) is 0 Å². The maximum absolute atomic E-state index is 13.3. The van der Waals surface area contributed by atoms with Crippen LogP contribution >= 0.6 is 11.3 Å². The molecule has 2 aliphatic rings. The number of aliphatic imine (C=N–C) groups is 1. The van der Waals surface area contributed by atoms with Gasteiger partial charge in [-0.3, -0.25) is 14.8 Å². The number of carbonyl (C=O) groups is 1. The molecule has 3 aromatic heterocycles. The molecule has 9 heteroatoms. The molecule has 5 heterocycles. The summed E-state index contributed by atoms with van der Waals surface area (Å²) in [4.78, 5) is 44.0. The fourth-order valence-electron chi connectivity index (χ4n) is 4.09. The Morgan fingerprint density at radius 2 is 2.06 bits per heavy atom. The molecule has 1 saturated heterocycles. The average Bonchev–Trinajstić information content (AvgIpc) is 3.28. The molecule has 5 rings (SSSR count). The highest BCUT2D eigenvalue weighted by atomic mass is 32.1. The predicted octanol–water partition coefficient (Wildman–Crippen LogP) is 4.71. The first-order valence-electron chi connectivity index (χ1n) is 10.3. The van der Waals surface area contributed by atoms with Gasteiger partial charge in [0.05, 0.1) is 5.56 Å². The van der Waals surface area contributed by atoms with Crippen molar-refractivity contribution in [2.24, 2.45) is 10.2 Å². The molecule has 0 atom stereocenters. The molecular formula is C22H20N6O2S. The Hall–Kier alpha value is -3.33. The molecule has 2 aliphatic heterocycles. The lowest BCUT2D eigenvalue weighted by Gasteiger charge is -2.32. The van der Waals surface area contributed by atoms with Gasteiger partial charge < -0.3 is 4.90 Å². The summed E-state index contributed by atoms with van der Waals surface area (Å²) in [5.74, 6) is 0.730. The normalized spacial score (nSPS) is 17.0. The Morgan fingerprint density at radius 3 is 2.77 bits per heavy atom. The molecule has 0 radical (unpaired) electrons. The topological polar surface area (TPSA) is 101 Å². The van der Waals surface area contributed by atoms with E-state index in [0.717, 1.165) is 25.7 Å². The zero-order valence-electron chi connectivity index (χ0n) is 16.8. The number of rotatable bonds is 4. The number of likely N-dealkylation sites (tertiary alicyclic amines) is 1. The number of piperidine rings is 1. The van der Waals surface area contributed by atoms with Gasteiger partial charge >= 0.3 is 0 Å². The predicted molar refractivity (Wildman–Crippen MR) is 121 cm³/mol. The second-order valence-corrected chi connectivity index (χ2v) is 8.50. The van der Waals surface area contributed by atoms with Crippen molar-refractivity contribution in [1.29, 1.82) is 0 Å². The highest BCUT2D eigenvalue weighted by Gasteiger charge is 2.28. The number of aromatic nitrogens is 3. The number of fused-ring (bicyclic) bond motifs is 1. The number of pyridine rings is 1. The van der Waals surface area contributed by atoms with Crippen molar-refractivity contribution in [3.05, 3.63) is 57.8 Å². The molecule has 0 unspecified atom stereocenters. The van der Waals surface area contributed by atoms with E-state index < -0.39 is 0 Å². The van der Waals surface area contributed by atoms with Crippen molar-refractivity contribution < 1.29 is 4.79 Å². The van der Waals surface area contributed by atoms with E-state index in [1.807, 2.05) is 29.5 Å². The third kappa shape index (κ3) is 3.76. The van der Waals surface area contributed by atoms with E-state index in [-0.39, 0.29) is 11.7 Å². The summed E-state index contributed by atoms with van der Waals surface area (Å²) in [6.45, 7) is 1.34. The summed E-state index contributed by atoms with van der Waals surface area (Å²) >= 11 is 1.28. The first-order valence-corrected chi connectivity index (χ1v) is 11.2. The molecule has 0 bridgehead atoms. The van der Waals surface area contributed by atoms with E-state index in [4.69, 9.17) is 0 Å². The van der Waals surface area contributed by atoms with Crippen LogP contribution < -0.4 is 0 Å². The van der Waals surface area contributed by atoms with Gasteiger partial charge in [0, 0.05) is 37.1 Å². The summed E-state index contributed by atoms with van der Waals surface area (Å²) < 4.78 is 0.535. The zero-order valence-corrected chi connectivity index (χ0v) is 17.6. The van der Waals surface area contributed by atoms with E-state index in [2.05, 4.69) is 31.2 Å². The Balaban J connectivity index is 1.42. The summed E-state index contributed by atoms with van der Waals surface area (Å²) in [7, 11) is 0. The van der Waals surface area contributed by atoms with E-state index in [9.17, 15) is 9.70 Å². The monoisotopic (exact) mass is 432 g/mol. The van der Waals surface area contributed by atoms with Gasteiger partial charge in [0.1, 0.15) is 15.9 Å². The Morgan fingerprint density at radius 1 is 1.19 bits per heavy atom. The summed E-state index contributed by atoms with van der Waals surface area (Å²) in [5, 5.41) is 4.84. The maximum Gasteiger partial charge on any atom is 0.256 e. The SMILES string of the molecule is O=Nc1nc(C2=CCCC=N2)nc2c(C(=O)N3CCC(c4cccnc4)CC3)csc12. The van der Waals surface area contributed by atoms with Crippen LogP contribution in [0, 0.1) is 4.91 Å². The molecule has 8 nitrogen and oxygen atoms in total. The molecule has 1 amide bonds. The highest BCUT2D eigenvalue weighted by Crippen LogP contribution is 2.35. The smallest absolute Gasteiger partial charge is 0.256 e. The van der Waals surface area contributed by atoms with Crippen LogP contribution in [0.15, 0.2) is 46.2 Å². The quantitative estimate of drug-likeness (QED) is 0.556. The van der Waals surface area contributed by atoms with E-state index >= 15 is 0 Å². The second-order valence-electron chi connectivity index (χ2n) is 7.62. The van der Waals surface area contributed by atoms with Crippen LogP contribution in [0.1, 0.15) is 53.3 Å². The third-order valence-electron chi connectivity index (χ3n) is 5.75. The van der Waals surface area contributed by atoms with Crippen molar-refractivity contribution in [2.45, 2.75) is 31.6 Å². The lowest BCUT2D eigenvalue weighted by molar-refractivity contribution is 0.0715. The number of hydrogen-bond acceptors (Lipinski definition) is 8. The van der Waals surface area contributed by atoms with Gasteiger partial charge in [-0.1, -0.05) is 12.1 Å². The summed E-state index contributed by atoms with van der Waals surface area (Å²) in [5.41, 5.74) is 2.80. The third-order valence-corrected chi connectivity index (χ3v) is 6.71. The standard InChI is InChI=1S/C22H20N6O2S/c29-22(28-10-6-14(7-11-28)15-4-3-8-23-12-15)16-13-31-19-18(16)25-20(26-21(19)27-30)17-5-1-2-9-24-17/h3-5,8-9,12-14H,1-2,6-7,10-11H2. The fourth-order valence-corrected chi connectivity index (χ4v) is 5.00. The van der Waals surface area contributed by atoms with Crippen LogP contribution in [0.3, 0.4) is 0 Å². The fraction of sp³-hybridized carbons (Fsp3) is 0.318. The largest absolute Gasteiger partial charge is 0.339 e. The van der Waals surface area contributed by atoms with Crippen molar-refractivity contribution in [1.82, 2.24) is 19.9 Å². The maximum atomic E-state index is 13.3. The molecular weight excluding hydrogens is 412 g/mol. The molecule has 0 saturated carbocycles. The van der Waals surface area contributed by atoms with Crippen molar-refractivity contribution >= 4 is 45.2 Å². The number of carbonyl (C=O) groups excluding carboxylic acids is 1. The summed E-state index contributed by atoms with van der Waals surface area (Å²) in [6.07, 6.45) is 10.9. The van der Waals surface area contributed by atoms with Crippen LogP contribution in [0.5, 0.6) is 0 Å². The number of nitroso groups, excluding NO2 is 1. The van der Waals surface area contributed by atoms with Gasteiger partial charge in [0.2, 0.25) is 5.82 Å². The van der Waals surface area contributed by atoms with Crippen LogP contribution in [0.2, 0.25) is 0 Å². The van der Waals surface area contributed by atoms with E-state index in [1.165, 1.54) is 16.9 Å².